The highest BCUT2D eigenvalue weighted by Crippen LogP contribution is 2.23. The van der Waals surface area contributed by atoms with Crippen LogP contribution in [0.1, 0.15) is 6.42 Å². The molecule has 0 aromatic carbocycles. The Balaban J connectivity index is 1.99. The SMILES string of the molecule is O=C([O-])N1CC2CCNC2C1. The van der Waals surface area contributed by atoms with Crippen molar-refractivity contribution in [1.29, 1.82) is 0 Å². The van der Waals surface area contributed by atoms with Crippen LogP contribution in [0.4, 0.5) is 4.79 Å². The summed E-state index contributed by atoms with van der Waals surface area (Å²) in [5, 5.41) is 13.7. The molecule has 0 aromatic rings. The smallest absolute Gasteiger partial charge is 0.136 e. The molecule has 0 radical (unpaired) electrons. The molecule has 1 amide bonds. The van der Waals surface area contributed by atoms with Gasteiger partial charge in [-0.15, -0.1) is 0 Å². The number of nitrogens with one attached hydrogen (secondary N) is 1. The number of carbonyl (C=O) groups excluding carboxylic acids is 1. The summed E-state index contributed by atoms with van der Waals surface area (Å²) in [7, 11) is 0. The number of fused-ring (bicyclic) bond motifs is 1. The first kappa shape index (κ1) is 6.91. The largest absolute Gasteiger partial charge is 0.530 e. The number of nitrogens with zero attached hydrogens (tertiary/aromatic N) is 1. The molecule has 2 fully saturated rings. The molecule has 2 heterocycles. The van der Waals surface area contributed by atoms with Gasteiger partial charge in [0.25, 0.3) is 0 Å². The first-order chi connectivity index (χ1) is 5.27. The molecule has 2 saturated heterocycles. The van der Waals surface area contributed by atoms with Gasteiger partial charge in [-0.1, -0.05) is 0 Å². The van der Waals surface area contributed by atoms with E-state index in [9.17, 15) is 9.90 Å². The summed E-state index contributed by atoms with van der Waals surface area (Å²) in [6.45, 7) is 2.32. The summed E-state index contributed by atoms with van der Waals surface area (Å²) in [5.41, 5.74) is 0. The summed E-state index contributed by atoms with van der Waals surface area (Å²) in [6.07, 6.45) is 0.0789. The van der Waals surface area contributed by atoms with Crippen molar-refractivity contribution in [2.45, 2.75) is 12.5 Å². The fourth-order valence-corrected chi connectivity index (χ4v) is 2.00. The maximum absolute atomic E-state index is 10.4. The van der Waals surface area contributed by atoms with Crippen LogP contribution in [-0.4, -0.2) is 36.7 Å². The van der Waals surface area contributed by atoms with E-state index in [1.807, 2.05) is 0 Å². The monoisotopic (exact) mass is 155 g/mol. The Morgan fingerprint density at radius 1 is 1.55 bits per heavy atom. The van der Waals surface area contributed by atoms with Gasteiger partial charge in [-0.3, -0.25) is 0 Å². The number of carboxylic acid groups (broad SMARTS) is 1. The van der Waals surface area contributed by atoms with Crippen molar-refractivity contribution in [2.24, 2.45) is 5.92 Å². The number of likely N-dealkylation sites (tertiary alicyclic amines) is 1. The van der Waals surface area contributed by atoms with Crippen LogP contribution < -0.4 is 10.4 Å². The van der Waals surface area contributed by atoms with Gasteiger partial charge in [-0.05, 0) is 18.9 Å². The molecule has 2 aliphatic heterocycles. The first-order valence-electron chi connectivity index (χ1n) is 3.96. The third-order valence-electron chi connectivity index (χ3n) is 2.62. The van der Waals surface area contributed by atoms with Gasteiger partial charge in [-0.25, -0.2) is 0 Å². The van der Waals surface area contributed by atoms with Gasteiger partial charge in [-0.2, -0.15) is 0 Å². The molecule has 0 spiro atoms. The lowest BCUT2D eigenvalue weighted by Gasteiger charge is -2.19. The number of amides is 1. The van der Waals surface area contributed by atoms with Crippen LogP contribution in [0, 0.1) is 5.92 Å². The molecule has 0 saturated carbocycles. The van der Waals surface area contributed by atoms with E-state index in [0.29, 0.717) is 25.0 Å². The molecule has 2 atom stereocenters. The normalized spacial score (nSPS) is 35.8. The van der Waals surface area contributed by atoms with Crippen molar-refractivity contribution in [3.63, 3.8) is 0 Å². The average Bonchev–Trinajstić information content (AvgIpc) is 2.40. The minimum Gasteiger partial charge on any atom is -0.530 e. The number of rotatable bonds is 0. The van der Waals surface area contributed by atoms with Crippen LogP contribution in [0.25, 0.3) is 0 Å². The standard InChI is InChI=1S/C7H12N2O2/c10-7(11)9-3-5-1-2-8-6(5)4-9/h5-6,8H,1-4H2,(H,10,11)/p-1. The van der Waals surface area contributed by atoms with E-state index in [-0.39, 0.29) is 0 Å². The molecule has 0 aromatic heterocycles. The molecule has 11 heavy (non-hydrogen) atoms. The van der Waals surface area contributed by atoms with E-state index < -0.39 is 6.09 Å². The predicted octanol–water partition coefficient (Wildman–Crippen LogP) is -1.38. The van der Waals surface area contributed by atoms with E-state index in [0.717, 1.165) is 13.0 Å². The second-order valence-electron chi connectivity index (χ2n) is 3.28. The highest BCUT2D eigenvalue weighted by Gasteiger charge is 2.35. The quantitative estimate of drug-likeness (QED) is 0.469. The predicted molar refractivity (Wildman–Crippen MR) is 36.9 cm³/mol. The topological polar surface area (TPSA) is 55.4 Å². The molecule has 0 aliphatic carbocycles. The van der Waals surface area contributed by atoms with E-state index in [2.05, 4.69) is 5.32 Å². The second-order valence-corrected chi connectivity index (χ2v) is 3.28. The molecule has 4 nitrogen and oxygen atoms in total. The third kappa shape index (κ3) is 1.07. The lowest BCUT2D eigenvalue weighted by Crippen LogP contribution is -2.41. The van der Waals surface area contributed by atoms with E-state index in [1.165, 1.54) is 4.90 Å². The second kappa shape index (κ2) is 2.37. The molecule has 2 unspecified atom stereocenters. The van der Waals surface area contributed by atoms with Gasteiger partial charge < -0.3 is 20.1 Å². The minimum absolute atomic E-state index is 0.396. The summed E-state index contributed by atoms with van der Waals surface area (Å²) in [4.78, 5) is 11.8. The van der Waals surface area contributed by atoms with Crippen molar-refractivity contribution in [3.8, 4) is 0 Å². The lowest BCUT2D eigenvalue weighted by atomic mass is 10.1. The van der Waals surface area contributed by atoms with Crippen LogP contribution >= 0.6 is 0 Å². The Morgan fingerprint density at radius 2 is 2.36 bits per heavy atom. The maximum Gasteiger partial charge on any atom is 0.136 e. The van der Waals surface area contributed by atoms with Crippen molar-refractivity contribution >= 4 is 6.09 Å². The van der Waals surface area contributed by atoms with Gasteiger partial charge in [0.15, 0.2) is 0 Å². The first-order valence-corrected chi connectivity index (χ1v) is 3.96. The van der Waals surface area contributed by atoms with Crippen molar-refractivity contribution in [1.82, 2.24) is 10.2 Å². The van der Waals surface area contributed by atoms with Gasteiger partial charge >= 0.3 is 0 Å². The summed E-state index contributed by atoms with van der Waals surface area (Å²) >= 11 is 0. The van der Waals surface area contributed by atoms with E-state index >= 15 is 0 Å². The summed E-state index contributed by atoms with van der Waals surface area (Å²) < 4.78 is 0. The van der Waals surface area contributed by atoms with Gasteiger partial charge in [0.05, 0.1) is 0 Å². The maximum atomic E-state index is 10.4. The molecule has 0 bridgehead atoms. The van der Waals surface area contributed by atoms with Crippen LogP contribution in [0.5, 0.6) is 0 Å². The van der Waals surface area contributed by atoms with Crippen LogP contribution in [0.2, 0.25) is 0 Å². The van der Waals surface area contributed by atoms with Crippen LogP contribution in [0.3, 0.4) is 0 Å². The van der Waals surface area contributed by atoms with Crippen LogP contribution in [0.15, 0.2) is 0 Å². The zero-order valence-corrected chi connectivity index (χ0v) is 6.25. The Bertz CT molecular complexity index is 171. The van der Waals surface area contributed by atoms with Crippen molar-refractivity contribution < 1.29 is 9.90 Å². The highest BCUT2D eigenvalue weighted by molar-refractivity contribution is 5.63. The van der Waals surface area contributed by atoms with Gasteiger partial charge in [0.1, 0.15) is 6.09 Å². The lowest BCUT2D eigenvalue weighted by molar-refractivity contribution is -0.264. The van der Waals surface area contributed by atoms with Gasteiger partial charge in [0, 0.05) is 19.1 Å². The van der Waals surface area contributed by atoms with Crippen molar-refractivity contribution in [3.05, 3.63) is 0 Å². The molecular formula is C7H11N2O2-. The van der Waals surface area contributed by atoms with Crippen molar-refractivity contribution in [2.75, 3.05) is 19.6 Å². The minimum atomic E-state index is -1.03. The van der Waals surface area contributed by atoms with Crippen LogP contribution in [-0.2, 0) is 0 Å². The Labute approximate surface area is 65.2 Å². The highest BCUT2D eigenvalue weighted by atomic mass is 16.4. The molecular weight excluding hydrogens is 144 g/mol. The molecule has 1 N–H and O–H groups in total. The summed E-state index contributed by atoms with van der Waals surface area (Å²) in [6, 6.07) is 0.396. The average molecular weight is 155 g/mol. The van der Waals surface area contributed by atoms with E-state index in [1.54, 1.807) is 0 Å². The molecule has 62 valence electrons. The molecule has 4 heteroatoms. The fraction of sp³-hybridized carbons (Fsp3) is 0.857. The van der Waals surface area contributed by atoms with E-state index in [4.69, 9.17) is 0 Å². The Morgan fingerprint density at radius 3 is 3.00 bits per heavy atom. The third-order valence-corrected chi connectivity index (χ3v) is 2.62. The molecule has 2 rings (SSSR count). The number of hydrogen-bond acceptors (Lipinski definition) is 3. The Kier molecular flexibility index (Phi) is 1.49. The number of carbonyl (C=O) groups is 1. The Hall–Kier alpha value is -0.770. The zero-order chi connectivity index (χ0) is 7.84. The number of hydrogen-bond donors (Lipinski definition) is 1. The molecule has 2 aliphatic rings. The zero-order valence-electron chi connectivity index (χ0n) is 6.25. The van der Waals surface area contributed by atoms with Gasteiger partial charge in [0.2, 0.25) is 0 Å². The summed E-state index contributed by atoms with van der Waals surface area (Å²) in [5.74, 6) is 0.535. The fourth-order valence-electron chi connectivity index (χ4n) is 2.00.